The molecule has 0 saturated heterocycles. The lowest BCUT2D eigenvalue weighted by Crippen LogP contribution is -2.49. The maximum Gasteiger partial charge on any atom is 0.0371 e. The van der Waals surface area contributed by atoms with E-state index in [9.17, 15) is 0 Å². The van der Waals surface area contributed by atoms with Crippen LogP contribution in [0.3, 0.4) is 0 Å². The molecular formula is C19H28N2. The Hall–Kier alpha value is -0.890. The molecule has 4 bridgehead atoms. The van der Waals surface area contributed by atoms with Crippen LogP contribution in [-0.4, -0.2) is 11.5 Å². The van der Waals surface area contributed by atoms with E-state index in [0.717, 1.165) is 36.1 Å². The molecule has 2 heteroatoms. The summed E-state index contributed by atoms with van der Waals surface area (Å²) in [5.74, 6) is 4.89. The van der Waals surface area contributed by atoms with Gasteiger partial charge in [0, 0.05) is 18.4 Å². The second-order valence-electron chi connectivity index (χ2n) is 7.78. The summed E-state index contributed by atoms with van der Waals surface area (Å²) in [6, 6.07) is 2.70. The SMILES string of the molecule is CCNC(c1cnccc1C)C1C2CC3CC(C2)CC1C3. The number of pyridine rings is 1. The molecule has 1 atom stereocenters. The van der Waals surface area contributed by atoms with E-state index >= 15 is 0 Å². The van der Waals surface area contributed by atoms with Gasteiger partial charge < -0.3 is 5.32 Å². The Labute approximate surface area is 128 Å². The molecule has 114 valence electrons. The van der Waals surface area contributed by atoms with Crippen molar-refractivity contribution in [3.8, 4) is 0 Å². The number of hydrogen-bond acceptors (Lipinski definition) is 2. The standard InChI is InChI=1S/C19H28N2/c1-3-21-19(17-11-20-5-4-12(17)2)18-15-7-13-6-14(9-15)10-16(18)8-13/h4-5,11,13-16,18-19,21H,3,6-10H2,1-2H3. The van der Waals surface area contributed by atoms with Gasteiger partial charge in [-0.2, -0.15) is 0 Å². The molecule has 1 unspecified atom stereocenters. The van der Waals surface area contributed by atoms with Crippen LogP contribution in [-0.2, 0) is 0 Å². The highest BCUT2D eigenvalue weighted by Crippen LogP contribution is 2.59. The first kappa shape index (κ1) is 13.8. The van der Waals surface area contributed by atoms with Crippen LogP contribution in [0.25, 0.3) is 0 Å². The Morgan fingerprint density at radius 3 is 2.38 bits per heavy atom. The molecule has 4 fully saturated rings. The summed E-state index contributed by atoms with van der Waals surface area (Å²) in [5, 5.41) is 3.83. The van der Waals surface area contributed by atoms with Crippen molar-refractivity contribution in [3.05, 3.63) is 29.6 Å². The third kappa shape index (κ3) is 2.32. The van der Waals surface area contributed by atoms with Gasteiger partial charge in [-0.05, 0) is 92.4 Å². The lowest BCUT2D eigenvalue weighted by Gasteiger charge is -2.56. The minimum Gasteiger partial charge on any atom is -0.310 e. The number of aromatic nitrogens is 1. The van der Waals surface area contributed by atoms with Crippen LogP contribution in [0.1, 0.15) is 56.2 Å². The minimum atomic E-state index is 0.527. The fraction of sp³-hybridized carbons (Fsp3) is 0.737. The molecule has 0 amide bonds. The smallest absolute Gasteiger partial charge is 0.0371 e. The summed E-state index contributed by atoms with van der Waals surface area (Å²) in [4.78, 5) is 4.42. The zero-order chi connectivity index (χ0) is 14.4. The highest BCUT2D eigenvalue weighted by Gasteiger charge is 2.50. The Balaban J connectivity index is 1.67. The summed E-state index contributed by atoms with van der Waals surface area (Å²) in [6.45, 7) is 5.55. The van der Waals surface area contributed by atoms with Gasteiger partial charge in [0.2, 0.25) is 0 Å². The monoisotopic (exact) mass is 284 g/mol. The van der Waals surface area contributed by atoms with Gasteiger partial charge in [-0.3, -0.25) is 4.98 Å². The molecule has 4 aliphatic carbocycles. The predicted octanol–water partition coefficient (Wildman–Crippen LogP) is 4.11. The third-order valence-electron chi connectivity index (χ3n) is 6.52. The average molecular weight is 284 g/mol. The lowest BCUT2D eigenvalue weighted by molar-refractivity contribution is -0.0524. The van der Waals surface area contributed by atoms with Crippen LogP contribution in [0.5, 0.6) is 0 Å². The first-order valence-electron chi connectivity index (χ1n) is 8.90. The highest BCUT2D eigenvalue weighted by atomic mass is 14.9. The number of rotatable bonds is 4. The minimum absolute atomic E-state index is 0.527. The van der Waals surface area contributed by atoms with E-state index in [1.807, 2.05) is 6.20 Å². The van der Waals surface area contributed by atoms with Crippen molar-refractivity contribution in [2.24, 2.45) is 29.6 Å². The molecular weight excluding hydrogens is 256 g/mol. The van der Waals surface area contributed by atoms with E-state index in [1.54, 1.807) is 0 Å². The molecule has 21 heavy (non-hydrogen) atoms. The van der Waals surface area contributed by atoms with Gasteiger partial charge in [0.05, 0.1) is 0 Å². The van der Waals surface area contributed by atoms with Gasteiger partial charge in [0.25, 0.3) is 0 Å². The quantitative estimate of drug-likeness (QED) is 0.900. The molecule has 0 aromatic carbocycles. The number of hydrogen-bond donors (Lipinski definition) is 1. The predicted molar refractivity (Wildman–Crippen MR) is 85.9 cm³/mol. The van der Waals surface area contributed by atoms with Crippen LogP contribution < -0.4 is 5.32 Å². The van der Waals surface area contributed by atoms with Crippen LogP contribution >= 0.6 is 0 Å². The molecule has 1 aromatic heterocycles. The number of nitrogens with one attached hydrogen (secondary N) is 1. The molecule has 4 saturated carbocycles. The van der Waals surface area contributed by atoms with Gasteiger partial charge in [0.15, 0.2) is 0 Å². The average Bonchev–Trinajstić information content (AvgIpc) is 2.46. The van der Waals surface area contributed by atoms with E-state index in [1.165, 1.54) is 43.2 Å². The lowest BCUT2D eigenvalue weighted by atomic mass is 9.50. The fourth-order valence-electron chi connectivity index (χ4n) is 5.99. The summed E-state index contributed by atoms with van der Waals surface area (Å²) >= 11 is 0. The zero-order valence-corrected chi connectivity index (χ0v) is 13.4. The van der Waals surface area contributed by atoms with Crippen molar-refractivity contribution < 1.29 is 0 Å². The Morgan fingerprint density at radius 2 is 1.81 bits per heavy atom. The molecule has 0 spiro atoms. The van der Waals surface area contributed by atoms with E-state index in [-0.39, 0.29) is 0 Å². The molecule has 1 heterocycles. The Bertz CT molecular complexity index is 482. The van der Waals surface area contributed by atoms with Crippen molar-refractivity contribution in [1.29, 1.82) is 0 Å². The van der Waals surface area contributed by atoms with Crippen LogP contribution in [0.2, 0.25) is 0 Å². The maximum absolute atomic E-state index is 4.42. The summed E-state index contributed by atoms with van der Waals surface area (Å²) in [6.07, 6.45) is 11.6. The zero-order valence-electron chi connectivity index (χ0n) is 13.4. The summed E-state index contributed by atoms with van der Waals surface area (Å²) < 4.78 is 0. The van der Waals surface area contributed by atoms with E-state index in [4.69, 9.17) is 0 Å². The second kappa shape index (κ2) is 5.39. The molecule has 1 N–H and O–H groups in total. The van der Waals surface area contributed by atoms with Crippen molar-refractivity contribution in [2.75, 3.05) is 6.54 Å². The largest absolute Gasteiger partial charge is 0.310 e. The number of aryl methyl sites for hydroxylation is 1. The highest BCUT2D eigenvalue weighted by molar-refractivity contribution is 5.27. The van der Waals surface area contributed by atoms with Crippen molar-refractivity contribution in [3.63, 3.8) is 0 Å². The van der Waals surface area contributed by atoms with Gasteiger partial charge in [-0.15, -0.1) is 0 Å². The van der Waals surface area contributed by atoms with Crippen LogP contribution in [0.15, 0.2) is 18.5 Å². The summed E-state index contributed by atoms with van der Waals surface area (Å²) in [7, 11) is 0. The first-order valence-corrected chi connectivity index (χ1v) is 8.90. The summed E-state index contributed by atoms with van der Waals surface area (Å²) in [5.41, 5.74) is 2.86. The first-order chi connectivity index (χ1) is 10.3. The molecule has 1 aromatic rings. The number of nitrogens with zero attached hydrogens (tertiary/aromatic N) is 1. The second-order valence-corrected chi connectivity index (χ2v) is 7.78. The molecule has 2 nitrogen and oxygen atoms in total. The van der Waals surface area contributed by atoms with Crippen molar-refractivity contribution in [2.45, 2.75) is 52.0 Å². The van der Waals surface area contributed by atoms with Crippen molar-refractivity contribution in [1.82, 2.24) is 10.3 Å². The topological polar surface area (TPSA) is 24.9 Å². The van der Waals surface area contributed by atoms with Crippen molar-refractivity contribution >= 4 is 0 Å². The van der Waals surface area contributed by atoms with Gasteiger partial charge in [-0.1, -0.05) is 6.92 Å². The molecule has 0 aliphatic heterocycles. The molecule has 4 aliphatic rings. The van der Waals surface area contributed by atoms with E-state index in [2.05, 4.69) is 36.4 Å². The normalized spacial score (nSPS) is 38.7. The molecule has 0 radical (unpaired) electrons. The Kier molecular flexibility index (Phi) is 3.53. The van der Waals surface area contributed by atoms with Gasteiger partial charge in [-0.25, -0.2) is 0 Å². The van der Waals surface area contributed by atoms with Gasteiger partial charge in [0.1, 0.15) is 0 Å². The van der Waals surface area contributed by atoms with Crippen LogP contribution in [0.4, 0.5) is 0 Å². The maximum atomic E-state index is 4.42. The fourth-order valence-corrected chi connectivity index (χ4v) is 5.99. The van der Waals surface area contributed by atoms with E-state index in [0.29, 0.717) is 6.04 Å². The Morgan fingerprint density at radius 1 is 1.14 bits per heavy atom. The molecule has 5 rings (SSSR count). The van der Waals surface area contributed by atoms with Crippen LogP contribution in [0, 0.1) is 36.5 Å². The third-order valence-corrected chi connectivity index (χ3v) is 6.52. The van der Waals surface area contributed by atoms with E-state index < -0.39 is 0 Å². The van der Waals surface area contributed by atoms with Gasteiger partial charge >= 0.3 is 0 Å².